The molecule has 1 aliphatic rings. The van der Waals surface area contributed by atoms with Gasteiger partial charge < -0.3 is 0 Å². The monoisotopic (exact) mass is 207 g/mol. The van der Waals surface area contributed by atoms with Crippen molar-refractivity contribution in [3.05, 3.63) is 53.6 Å². The van der Waals surface area contributed by atoms with Gasteiger partial charge in [-0.1, -0.05) is 48.6 Å². The van der Waals surface area contributed by atoms with E-state index in [4.69, 9.17) is 0 Å². The molecule has 0 N–H and O–H groups in total. The maximum atomic E-state index is 10.5. The molecular weight excluding hydrogens is 196 g/mol. The third-order valence-corrected chi connectivity index (χ3v) is 3.18. The minimum atomic E-state index is 0.191. The van der Waals surface area contributed by atoms with Crippen LogP contribution in [0.25, 0.3) is 16.8 Å². The molecule has 2 aromatic rings. The summed E-state index contributed by atoms with van der Waals surface area (Å²) in [5.74, 6) is 0.191. The molecule has 2 aromatic carbocycles. The number of hydrogen-bond acceptors (Lipinski definition) is 1. The maximum Gasteiger partial charge on any atom is 0.199 e. The molecule has 77 valence electrons. The molecule has 1 radical (unpaired) electrons. The summed E-state index contributed by atoms with van der Waals surface area (Å²) >= 11 is 0. The maximum absolute atomic E-state index is 10.5. The zero-order valence-corrected chi connectivity index (χ0v) is 8.81. The highest BCUT2D eigenvalue weighted by molar-refractivity contribution is 5.95. The van der Waals surface area contributed by atoms with Crippen LogP contribution >= 0.6 is 0 Å². The topological polar surface area (TPSA) is 17.1 Å². The summed E-state index contributed by atoms with van der Waals surface area (Å²) in [6, 6.07) is 12.6. The first-order valence-electron chi connectivity index (χ1n) is 5.45. The molecular formula is C15H11O. The van der Waals surface area contributed by atoms with Gasteiger partial charge in [0.15, 0.2) is 6.29 Å². The van der Waals surface area contributed by atoms with Crippen molar-refractivity contribution >= 4 is 23.1 Å². The van der Waals surface area contributed by atoms with E-state index in [1.54, 1.807) is 0 Å². The van der Waals surface area contributed by atoms with Crippen molar-refractivity contribution in [2.24, 2.45) is 0 Å². The SMILES string of the molecule is O=[C]CC1C=Cc2cccc3cccc1c23. The molecule has 1 heteroatoms. The highest BCUT2D eigenvalue weighted by Gasteiger charge is 2.16. The standard InChI is InChI=1S/C15H11O/c16-10-9-11-7-8-13-4-1-3-12-5-2-6-14(11)15(12)13/h1-8,11H,9H2. The second-order valence-electron chi connectivity index (χ2n) is 4.11. The van der Waals surface area contributed by atoms with E-state index in [1.165, 1.54) is 21.9 Å². The highest BCUT2D eigenvalue weighted by Crippen LogP contribution is 2.35. The number of rotatable bonds is 2. The van der Waals surface area contributed by atoms with Gasteiger partial charge in [-0.25, -0.2) is 0 Å². The lowest BCUT2D eigenvalue weighted by Crippen LogP contribution is -2.01. The molecule has 3 rings (SSSR count). The van der Waals surface area contributed by atoms with E-state index in [9.17, 15) is 4.79 Å². The summed E-state index contributed by atoms with van der Waals surface area (Å²) < 4.78 is 0. The Hall–Kier alpha value is -1.89. The van der Waals surface area contributed by atoms with Crippen LogP contribution < -0.4 is 0 Å². The Kier molecular flexibility index (Phi) is 2.10. The number of carbonyl (C=O) groups excluding carboxylic acids is 1. The van der Waals surface area contributed by atoms with Crippen molar-refractivity contribution in [1.29, 1.82) is 0 Å². The van der Waals surface area contributed by atoms with Gasteiger partial charge in [0.2, 0.25) is 0 Å². The van der Waals surface area contributed by atoms with E-state index in [0.29, 0.717) is 6.42 Å². The lowest BCUT2D eigenvalue weighted by molar-refractivity contribution is 0.548. The zero-order valence-electron chi connectivity index (χ0n) is 8.81. The first-order valence-corrected chi connectivity index (χ1v) is 5.45. The Labute approximate surface area is 94.4 Å². The average Bonchev–Trinajstić information content (AvgIpc) is 2.33. The molecule has 0 fully saturated rings. The molecule has 0 aliphatic heterocycles. The first kappa shape index (κ1) is 9.34. The van der Waals surface area contributed by atoms with E-state index in [0.717, 1.165) is 0 Å². The molecule has 1 aliphatic carbocycles. The number of allylic oxidation sites excluding steroid dienone is 1. The molecule has 0 saturated carbocycles. The quantitative estimate of drug-likeness (QED) is 0.737. The van der Waals surface area contributed by atoms with Crippen molar-refractivity contribution in [1.82, 2.24) is 0 Å². The number of benzene rings is 2. The summed E-state index contributed by atoms with van der Waals surface area (Å²) in [7, 11) is 0. The third-order valence-electron chi connectivity index (χ3n) is 3.18. The second kappa shape index (κ2) is 3.60. The largest absolute Gasteiger partial charge is 0.291 e. The Morgan fingerprint density at radius 3 is 2.75 bits per heavy atom. The van der Waals surface area contributed by atoms with Crippen LogP contribution in [0.4, 0.5) is 0 Å². The normalized spacial score (nSPS) is 17.6. The van der Waals surface area contributed by atoms with Crippen molar-refractivity contribution in [3.63, 3.8) is 0 Å². The third kappa shape index (κ3) is 1.28. The minimum Gasteiger partial charge on any atom is -0.291 e. The fraction of sp³-hybridized carbons (Fsp3) is 0.133. The van der Waals surface area contributed by atoms with Crippen LogP contribution in [-0.2, 0) is 4.79 Å². The van der Waals surface area contributed by atoms with Crippen LogP contribution in [0.1, 0.15) is 23.5 Å². The smallest absolute Gasteiger partial charge is 0.199 e. The van der Waals surface area contributed by atoms with E-state index < -0.39 is 0 Å². The zero-order chi connectivity index (χ0) is 11.0. The van der Waals surface area contributed by atoms with Gasteiger partial charge in [-0.2, -0.15) is 0 Å². The lowest BCUT2D eigenvalue weighted by Gasteiger charge is -2.19. The molecule has 0 heterocycles. The summed E-state index contributed by atoms with van der Waals surface area (Å²) in [4.78, 5) is 10.5. The first-order chi connectivity index (χ1) is 7.90. The molecule has 16 heavy (non-hydrogen) atoms. The molecule has 1 unspecified atom stereocenters. The molecule has 1 atom stereocenters. The van der Waals surface area contributed by atoms with E-state index in [1.807, 2.05) is 6.29 Å². The molecule has 0 bridgehead atoms. The van der Waals surface area contributed by atoms with Crippen LogP contribution in [0.2, 0.25) is 0 Å². The van der Waals surface area contributed by atoms with Crippen molar-refractivity contribution in [2.75, 3.05) is 0 Å². The fourth-order valence-corrected chi connectivity index (χ4v) is 2.44. The number of hydrogen-bond donors (Lipinski definition) is 0. The van der Waals surface area contributed by atoms with Crippen LogP contribution in [-0.4, -0.2) is 6.29 Å². The summed E-state index contributed by atoms with van der Waals surface area (Å²) in [5, 5.41) is 2.53. The predicted molar refractivity (Wildman–Crippen MR) is 66.0 cm³/mol. The fourth-order valence-electron chi connectivity index (χ4n) is 2.44. The highest BCUT2D eigenvalue weighted by atomic mass is 16.1. The lowest BCUT2D eigenvalue weighted by atomic mass is 9.85. The van der Waals surface area contributed by atoms with Gasteiger partial charge in [0.1, 0.15) is 0 Å². The minimum absolute atomic E-state index is 0.191. The molecule has 1 nitrogen and oxygen atoms in total. The average molecular weight is 207 g/mol. The van der Waals surface area contributed by atoms with Crippen LogP contribution in [0, 0.1) is 0 Å². The van der Waals surface area contributed by atoms with Gasteiger partial charge in [-0.05, 0) is 21.9 Å². The molecule has 0 saturated heterocycles. The second-order valence-corrected chi connectivity index (χ2v) is 4.11. The van der Waals surface area contributed by atoms with Gasteiger partial charge in [-0.3, -0.25) is 4.79 Å². The van der Waals surface area contributed by atoms with Crippen molar-refractivity contribution in [3.8, 4) is 0 Å². The Morgan fingerprint density at radius 1 is 1.12 bits per heavy atom. The molecule has 0 spiro atoms. The van der Waals surface area contributed by atoms with E-state index >= 15 is 0 Å². The predicted octanol–water partition coefficient (Wildman–Crippen LogP) is 3.45. The summed E-state index contributed by atoms with van der Waals surface area (Å²) in [6.07, 6.45) is 6.67. The Balaban J connectivity index is 2.31. The van der Waals surface area contributed by atoms with E-state index in [2.05, 4.69) is 48.6 Å². The van der Waals surface area contributed by atoms with E-state index in [-0.39, 0.29) is 5.92 Å². The molecule has 0 amide bonds. The Morgan fingerprint density at radius 2 is 1.94 bits per heavy atom. The Bertz CT molecular complexity index is 576. The van der Waals surface area contributed by atoms with Gasteiger partial charge in [0.05, 0.1) is 0 Å². The van der Waals surface area contributed by atoms with Gasteiger partial charge >= 0.3 is 0 Å². The van der Waals surface area contributed by atoms with Crippen LogP contribution in [0.3, 0.4) is 0 Å². The van der Waals surface area contributed by atoms with Crippen LogP contribution in [0.15, 0.2) is 42.5 Å². The van der Waals surface area contributed by atoms with Crippen LogP contribution in [0.5, 0.6) is 0 Å². The van der Waals surface area contributed by atoms with Gasteiger partial charge in [-0.15, -0.1) is 0 Å². The summed E-state index contributed by atoms with van der Waals surface area (Å²) in [6.45, 7) is 0. The molecule has 0 aromatic heterocycles. The van der Waals surface area contributed by atoms with Crippen molar-refractivity contribution in [2.45, 2.75) is 12.3 Å². The summed E-state index contributed by atoms with van der Waals surface area (Å²) in [5.41, 5.74) is 2.49. The van der Waals surface area contributed by atoms with Gasteiger partial charge in [0.25, 0.3) is 0 Å². The van der Waals surface area contributed by atoms with Gasteiger partial charge in [0, 0.05) is 12.3 Å². The van der Waals surface area contributed by atoms with Crippen molar-refractivity contribution < 1.29 is 4.79 Å².